The molecule has 0 saturated heterocycles. The van der Waals surface area contributed by atoms with Crippen LogP contribution < -0.4 is 16.8 Å². The third-order valence-electron chi connectivity index (χ3n) is 3.42. The Bertz CT molecular complexity index is 414. The highest BCUT2D eigenvalue weighted by Gasteiger charge is 2.30. The Balaban J connectivity index is 2.17. The van der Waals surface area contributed by atoms with Crippen molar-refractivity contribution in [1.82, 2.24) is 0 Å². The van der Waals surface area contributed by atoms with Gasteiger partial charge < -0.3 is 21.9 Å². The number of nitrogen functional groups attached to an aromatic ring is 2. The molecule has 94 valence electrons. The molecule has 6 N–H and O–H groups in total. The van der Waals surface area contributed by atoms with Gasteiger partial charge in [-0.15, -0.1) is 0 Å². The van der Waals surface area contributed by atoms with Gasteiger partial charge in [-0.1, -0.05) is 6.92 Å². The zero-order valence-electron chi connectivity index (χ0n) is 9.78. The molecule has 0 bridgehead atoms. The zero-order valence-corrected chi connectivity index (χ0v) is 9.78. The maximum absolute atomic E-state index is 13.6. The van der Waals surface area contributed by atoms with E-state index in [-0.39, 0.29) is 29.4 Å². The van der Waals surface area contributed by atoms with Crippen LogP contribution in [0.5, 0.6) is 0 Å². The first kappa shape index (κ1) is 12.0. The number of benzene rings is 1. The minimum atomic E-state index is -0.411. The van der Waals surface area contributed by atoms with Crippen LogP contribution in [0.15, 0.2) is 12.1 Å². The molecule has 1 aliphatic rings. The molecule has 0 heterocycles. The number of halogens is 1. The lowest BCUT2D eigenvalue weighted by Crippen LogP contribution is -2.19. The minimum absolute atomic E-state index is 0.0404. The third kappa shape index (κ3) is 2.29. The normalized spacial score (nSPS) is 28.3. The molecular formula is C12H18FN3O. The summed E-state index contributed by atoms with van der Waals surface area (Å²) in [6.07, 6.45) is 1.07. The Labute approximate surface area is 99.8 Å². The minimum Gasteiger partial charge on any atom is -0.397 e. The van der Waals surface area contributed by atoms with Gasteiger partial charge in [0.2, 0.25) is 0 Å². The zero-order chi connectivity index (χ0) is 12.6. The molecule has 0 spiro atoms. The molecule has 5 heteroatoms. The van der Waals surface area contributed by atoms with Crippen molar-refractivity contribution in [2.45, 2.75) is 31.9 Å². The number of hydrogen-bond acceptors (Lipinski definition) is 4. The van der Waals surface area contributed by atoms with Crippen molar-refractivity contribution in [3.05, 3.63) is 17.9 Å². The van der Waals surface area contributed by atoms with E-state index in [0.717, 1.165) is 6.42 Å². The van der Waals surface area contributed by atoms with E-state index in [4.69, 9.17) is 11.5 Å². The van der Waals surface area contributed by atoms with E-state index >= 15 is 0 Å². The predicted molar refractivity (Wildman–Crippen MR) is 67.0 cm³/mol. The Morgan fingerprint density at radius 1 is 1.35 bits per heavy atom. The Kier molecular flexibility index (Phi) is 3.11. The molecule has 17 heavy (non-hydrogen) atoms. The first-order chi connectivity index (χ1) is 7.99. The van der Waals surface area contributed by atoms with Crippen LogP contribution in [0.3, 0.4) is 0 Å². The van der Waals surface area contributed by atoms with Gasteiger partial charge >= 0.3 is 0 Å². The summed E-state index contributed by atoms with van der Waals surface area (Å²) in [7, 11) is 0. The van der Waals surface area contributed by atoms with Crippen molar-refractivity contribution >= 4 is 17.1 Å². The van der Waals surface area contributed by atoms with E-state index in [0.29, 0.717) is 12.1 Å². The van der Waals surface area contributed by atoms with E-state index in [1.54, 1.807) is 0 Å². The van der Waals surface area contributed by atoms with Crippen molar-refractivity contribution < 1.29 is 9.50 Å². The Hall–Kier alpha value is -1.49. The second kappa shape index (κ2) is 4.41. The molecule has 3 atom stereocenters. The highest BCUT2D eigenvalue weighted by Crippen LogP contribution is 2.33. The molecular weight excluding hydrogens is 221 g/mol. The van der Waals surface area contributed by atoms with Gasteiger partial charge in [-0.2, -0.15) is 0 Å². The lowest BCUT2D eigenvalue weighted by molar-refractivity contribution is 0.141. The molecule has 1 saturated carbocycles. The maximum Gasteiger partial charge on any atom is 0.148 e. The fraction of sp³-hybridized carbons (Fsp3) is 0.500. The van der Waals surface area contributed by atoms with E-state index in [1.165, 1.54) is 12.1 Å². The van der Waals surface area contributed by atoms with Crippen molar-refractivity contribution in [3.8, 4) is 0 Å². The summed E-state index contributed by atoms with van der Waals surface area (Å²) in [5, 5.41) is 12.7. The van der Waals surface area contributed by atoms with Gasteiger partial charge in [-0.3, -0.25) is 0 Å². The average Bonchev–Trinajstić information content (AvgIpc) is 2.59. The lowest BCUT2D eigenvalue weighted by Gasteiger charge is -2.17. The van der Waals surface area contributed by atoms with Crippen molar-refractivity contribution in [1.29, 1.82) is 0 Å². The third-order valence-corrected chi connectivity index (χ3v) is 3.42. The first-order valence-electron chi connectivity index (χ1n) is 5.77. The van der Waals surface area contributed by atoms with Gasteiger partial charge in [0.1, 0.15) is 5.82 Å². The van der Waals surface area contributed by atoms with Crippen LogP contribution in [0.2, 0.25) is 0 Å². The SMILES string of the molecule is CC1CC(Nc2c(F)ccc(N)c2N)CC1O. The average molecular weight is 239 g/mol. The molecule has 0 radical (unpaired) electrons. The van der Waals surface area contributed by atoms with Crippen LogP contribution in [0, 0.1) is 11.7 Å². The highest BCUT2D eigenvalue weighted by atomic mass is 19.1. The number of nitrogens with one attached hydrogen (secondary N) is 1. The second-order valence-corrected chi connectivity index (χ2v) is 4.78. The molecule has 0 aliphatic heterocycles. The molecule has 4 nitrogen and oxygen atoms in total. The molecule has 0 aromatic heterocycles. The van der Waals surface area contributed by atoms with Crippen molar-refractivity contribution in [2.24, 2.45) is 5.92 Å². The van der Waals surface area contributed by atoms with Crippen LogP contribution in [0.4, 0.5) is 21.5 Å². The molecule has 1 aromatic rings. The molecule has 1 aromatic carbocycles. The lowest BCUT2D eigenvalue weighted by atomic mass is 10.1. The fourth-order valence-electron chi connectivity index (χ4n) is 2.30. The summed E-state index contributed by atoms with van der Waals surface area (Å²) >= 11 is 0. The van der Waals surface area contributed by atoms with Gasteiger partial charge in [-0.25, -0.2) is 4.39 Å². The summed E-state index contributed by atoms with van der Waals surface area (Å²) in [6.45, 7) is 1.98. The van der Waals surface area contributed by atoms with E-state index in [1.807, 2.05) is 6.92 Å². The van der Waals surface area contributed by atoms with Gasteiger partial charge in [-0.05, 0) is 30.9 Å². The second-order valence-electron chi connectivity index (χ2n) is 4.78. The van der Waals surface area contributed by atoms with E-state index in [2.05, 4.69) is 5.32 Å². The van der Waals surface area contributed by atoms with E-state index in [9.17, 15) is 9.50 Å². The number of hydrogen-bond donors (Lipinski definition) is 4. The van der Waals surface area contributed by atoms with Gasteiger partial charge in [0, 0.05) is 6.04 Å². The molecule has 1 aliphatic carbocycles. The summed E-state index contributed by atoms with van der Waals surface area (Å²) in [6, 6.07) is 2.78. The van der Waals surface area contributed by atoms with Crippen LogP contribution >= 0.6 is 0 Å². The van der Waals surface area contributed by atoms with Crippen molar-refractivity contribution in [2.75, 3.05) is 16.8 Å². The smallest absolute Gasteiger partial charge is 0.148 e. The number of aliphatic hydroxyl groups excluding tert-OH is 1. The highest BCUT2D eigenvalue weighted by molar-refractivity contribution is 5.79. The molecule has 1 fully saturated rings. The molecule has 0 amide bonds. The van der Waals surface area contributed by atoms with Crippen LogP contribution in [0.25, 0.3) is 0 Å². The van der Waals surface area contributed by atoms with Crippen molar-refractivity contribution in [3.63, 3.8) is 0 Å². The summed E-state index contributed by atoms with van der Waals surface area (Å²) in [5.74, 6) is -0.191. The first-order valence-corrected chi connectivity index (χ1v) is 5.77. The number of rotatable bonds is 2. The van der Waals surface area contributed by atoms with Crippen LogP contribution in [-0.2, 0) is 0 Å². The van der Waals surface area contributed by atoms with E-state index < -0.39 is 5.82 Å². The topological polar surface area (TPSA) is 84.3 Å². The largest absolute Gasteiger partial charge is 0.397 e. The monoisotopic (exact) mass is 239 g/mol. The van der Waals surface area contributed by atoms with Crippen LogP contribution in [-0.4, -0.2) is 17.3 Å². The number of anilines is 3. The predicted octanol–water partition coefficient (Wildman–Crippen LogP) is 1.56. The summed E-state index contributed by atoms with van der Waals surface area (Å²) in [4.78, 5) is 0. The van der Waals surface area contributed by atoms with Gasteiger partial charge in [0.25, 0.3) is 0 Å². The Morgan fingerprint density at radius 3 is 2.65 bits per heavy atom. The molecule has 3 unspecified atom stereocenters. The molecule has 2 rings (SSSR count). The number of nitrogens with two attached hydrogens (primary N) is 2. The summed E-state index contributed by atoms with van der Waals surface area (Å²) in [5.41, 5.74) is 12.2. The van der Waals surface area contributed by atoms with Gasteiger partial charge in [0.15, 0.2) is 0 Å². The summed E-state index contributed by atoms with van der Waals surface area (Å²) < 4.78 is 13.6. The van der Waals surface area contributed by atoms with Crippen LogP contribution in [0.1, 0.15) is 19.8 Å². The standard InChI is InChI=1S/C12H18FN3O/c1-6-4-7(5-10(6)17)16-12-8(13)2-3-9(14)11(12)15/h2-3,6-7,10,16-17H,4-5,14-15H2,1H3. The maximum atomic E-state index is 13.6. The van der Waals surface area contributed by atoms with Gasteiger partial charge in [0.05, 0.1) is 23.2 Å². The fourth-order valence-corrected chi connectivity index (χ4v) is 2.30. The number of aliphatic hydroxyl groups is 1. The quantitative estimate of drug-likeness (QED) is 0.590. The Morgan fingerprint density at radius 2 is 2.06 bits per heavy atom.